The Kier molecular flexibility index (Phi) is 5.54. The van der Waals surface area contributed by atoms with Crippen molar-refractivity contribution >= 4 is 16.2 Å². The molecule has 1 atom stereocenters. The number of halogens is 1. The predicted molar refractivity (Wildman–Crippen MR) is 110 cm³/mol. The van der Waals surface area contributed by atoms with Crippen LogP contribution in [0.25, 0.3) is 11.1 Å². The molecule has 29 heavy (non-hydrogen) atoms. The minimum atomic E-state index is -3.54. The number of hydrogen-bond donors (Lipinski definition) is 0. The molecule has 1 aromatic heterocycles. The summed E-state index contributed by atoms with van der Waals surface area (Å²) in [5.41, 5.74) is 2.19. The van der Waals surface area contributed by atoms with Crippen molar-refractivity contribution in [3.05, 3.63) is 42.0 Å². The molecule has 7 nitrogen and oxygen atoms in total. The van der Waals surface area contributed by atoms with Gasteiger partial charge in [-0.05, 0) is 43.4 Å². The zero-order valence-electron chi connectivity index (χ0n) is 16.8. The van der Waals surface area contributed by atoms with Gasteiger partial charge in [0.05, 0.1) is 11.7 Å². The number of anilines is 1. The highest BCUT2D eigenvalue weighted by atomic mass is 32.2. The zero-order chi connectivity index (χ0) is 20.6. The fraction of sp³-hybridized carbons (Fsp3) is 0.500. The number of benzene rings is 1. The maximum absolute atomic E-state index is 13.4. The van der Waals surface area contributed by atoms with Gasteiger partial charge >= 0.3 is 0 Å². The molecule has 1 aromatic carbocycles. The van der Waals surface area contributed by atoms with E-state index in [0.29, 0.717) is 37.7 Å². The van der Waals surface area contributed by atoms with Gasteiger partial charge in [0.25, 0.3) is 10.2 Å². The Morgan fingerprint density at radius 1 is 1.07 bits per heavy atom. The molecule has 2 aliphatic rings. The summed E-state index contributed by atoms with van der Waals surface area (Å²) in [6.07, 6.45) is 4.99. The van der Waals surface area contributed by atoms with Crippen molar-refractivity contribution < 1.29 is 12.8 Å². The van der Waals surface area contributed by atoms with Crippen molar-refractivity contribution in [1.29, 1.82) is 0 Å². The zero-order valence-corrected chi connectivity index (χ0v) is 17.6. The van der Waals surface area contributed by atoms with Crippen LogP contribution in [0.5, 0.6) is 0 Å². The summed E-state index contributed by atoms with van der Waals surface area (Å²) in [4.78, 5) is 11.0. The van der Waals surface area contributed by atoms with E-state index in [0.717, 1.165) is 30.4 Å². The summed E-state index contributed by atoms with van der Waals surface area (Å²) in [5.74, 6) is 0.205. The van der Waals surface area contributed by atoms with Crippen LogP contribution in [0, 0.1) is 5.82 Å². The SMILES string of the molecule is CN(C)c1ncc(-c2ccc(F)cc2)c(C2CCCN2S(=O)(=O)N2CCCC2)n1. The Morgan fingerprint density at radius 3 is 2.41 bits per heavy atom. The maximum atomic E-state index is 13.4. The van der Waals surface area contributed by atoms with E-state index >= 15 is 0 Å². The van der Waals surface area contributed by atoms with Crippen molar-refractivity contribution in [1.82, 2.24) is 18.6 Å². The second-order valence-corrected chi connectivity index (χ2v) is 9.63. The Balaban J connectivity index is 1.79. The topological polar surface area (TPSA) is 69.6 Å². The number of aromatic nitrogens is 2. The van der Waals surface area contributed by atoms with E-state index in [4.69, 9.17) is 4.98 Å². The first-order chi connectivity index (χ1) is 13.9. The van der Waals surface area contributed by atoms with E-state index in [1.807, 2.05) is 14.1 Å². The number of rotatable bonds is 5. The van der Waals surface area contributed by atoms with Crippen molar-refractivity contribution in [2.75, 3.05) is 38.6 Å². The van der Waals surface area contributed by atoms with Crippen LogP contribution in [-0.2, 0) is 10.2 Å². The van der Waals surface area contributed by atoms with Crippen LogP contribution in [0.3, 0.4) is 0 Å². The van der Waals surface area contributed by atoms with E-state index in [-0.39, 0.29) is 11.9 Å². The molecule has 9 heteroatoms. The molecule has 0 aliphatic carbocycles. The molecule has 2 aromatic rings. The Morgan fingerprint density at radius 2 is 1.76 bits per heavy atom. The quantitative estimate of drug-likeness (QED) is 0.745. The Labute approximate surface area is 171 Å². The molecular formula is C20H26FN5O2S. The van der Waals surface area contributed by atoms with Gasteiger partial charge in [-0.25, -0.2) is 14.4 Å². The summed E-state index contributed by atoms with van der Waals surface area (Å²) >= 11 is 0. The van der Waals surface area contributed by atoms with Crippen molar-refractivity contribution in [2.45, 2.75) is 31.7 Å². The van der Waals surface area contributed by atoms with E-state index in [1.54, 1.807) is 31.8 Å². The molecule has 0 spiro atoms. The maximum Gasteiger partial charge on any atom is 0.282 e. The lowest BCUT2D eigenvalue weighted by Crippen LogP contribution is -2.42. The van der Waals surface area contributed by atoms with Gasteiger partial charge in [0.2, 0.25) is 5.95 Å². The van der Waals surface area contributed by atoms with Crippen molar-refractivity contribution in [2.24, 2.45) is 0 Å². The second-order valence-electron chi connectivity index (χ2n) is 7.75. The number of hydrogen-bond acceptors (Lipinski definition) is 5. The number of nitrogens with zero attached hydrogens (tertiary/aromatic N) is 5. The largest absolute Gasteiger partial charge is 0.347 e. The highest BCUT2D eigenvalue weighted by molar-refractivity contribution is 7.86. The van der Waals surface area contributed by atoms with Crippen molar-refractivity contribution in [3.63, 3.8) is 0 Å². The highest BCUT2D eigenvalue weighted by Gasteiger charge is 2.41. The molecule has 4 rings (SSSR count). The van der Waals surface area contributed by atoms with Crippen LogP contribution in [0.15, 0.2) is 30.5 Å². The summed E-state index contributed by atoms with van der Waals surface area (Å²) in [5, 5.41) is 0. The van der Waals surface area contributed by atoms with Gasteiger partial charge in [0.15, 0.2) is 0 Å². The fourth-order valence-electron chi connectivity index (χ4n) is 4.06. The van der Waals surface area contributed by atoms with Gasteiger partial charge in [-0.15, -0.1) is 0 Å². The lowest BCUT2D eigenvalue weighted by atomic mass is 10.0. The van der Waals surface area contributed by atoms with E-state index < -0.39 is 10.2 Å². The van der Waals surface area contributed by atoms with E-state index in [1.165, 1.54) is 12.1 Å². The van der Waals surface area contributed by atoms with Gasteiger partial charge in [-0.1, -0.05) is 12.1 Å². The molecule has 1 unspecified atom stereocenters. The molecule has 156 valence electrons. The first kappa shape index (κ1) is 20.2. The van der Waals surface area contributed by atoms with Crippen LogP contribution in [-0.4, -0.2) is 60.7 Å². The Hall–Kier alpha value is -2.10. The summed E-state index contributed by atoms with van der Waals surface area (Å²) in [7, 11) is 0.161. The van der Waals surface area contributed by atoms with Crippen LogP contribution in [0.2, 0.25) is 0 Å². The van der Waals surface area contributed by atoms with Crippen LogP contribution in [0.1, 0.15) is 37.4 Å². The summed E-state index contributed by atoms with van der Waals surface area (Å²) in [6, 6.07) is 5.79. The molecule has 3 heterocycles. The van der Waals surface area contributed by atoms with E-state index in [9.17, 15) is 12.8 Å². The normalized spacial score (nSPS) is 21.0. The van der Waals surface area contributed by atoms with Gasteiger partial charge in [0.1, 0.15) is 5.82 Å². The first-order valence-electron chi connectivity index (χ1n) is 9.95. The molecule has 0 N–H and O–H groups in total. The molecule has 2 saturated heterocycles. The highest BCUT2D eigenvalue weighted by Crippen LogP contribution is 2.39. The molecule has 0 radical (unpaired) electrons. The third-order valence-electron chi connectivity index (χ3n) is 5.57. The minimum absolute atomic E-state index is 0.319. The average molecular weight is 420 g/mol. The van der Waals surface area contributed by atoms with Crippen LogP contribution < -0.4 is 4.90 Å². The first-order valence-corrected chi connectivity index (χ1v) is 11.3. The Bertz CT molecular complexity index is 975. The molecule has 0 amide bonds. The van der Waals surface area contributed by atoms with E-state index in [2.05, 4.69) is 4.98 Å². The minimum Gasteiger partial charge on any atom is -0.347 e. The van der Waals surface area contributed by atoms with Gasteiger partial charge in [-0.2, -0.15) is 17.0 Å². The second kappa shape index (κ2) is 7.97. The van der Waals surface area contributed by atoms with Gasteiger partial charge in [0, 0.05) is 45.5 Å². The molecule has 0 bridgehead atoms. The molecule has 2 fully saturated rings. The lowest BCUT2D eigenvalue weighted by Gasteiger charge is -2.29. The van der Waals surface area contributed by atoms with Crippen LogP contribution >= 0.6 is 0 Å². The fourth-order valence-corrected chi connectivity index (χ4v) is 5.97. The molecule has 2 aliphatic heterocycles. The smallest absolute Gasteiger partial charge is 0.282 e. The monoisotopic (exact) mass is 419 g/mol. The lowest BCUT2D eigenvalue weighted by molar-refractivity contribution is 0.345. The van der Waals surface area contributed by atoms with Gasteiger partial charge in [-0.3, -0.25) is 0 Å². The third-order valence-corrected chi connectivity index (χ3v) is 7.62. The molecule has 0 saturated carbocycles. The summed E-state index contributed by atoms with van der Waals surface area (Å²) < 4.78 is 43.2. The predicted octanol–water partition coefficient (Wildman–Crippen LogP) is 2.83. The third kappa shape index (κ3) is 3.86. The standard InChI is InChI=1S/C20H26FN5O2S/c1-24(2)20-22-14-17(15-7-9-16(21)10-8-15)19(23-20)18-6-5-13-26(18)29(27,28)25-11-3-4-12-25/h7-10,14,18H,3-6,11-13H2,1-2H3. The summed E-state index contributed by atoms with van der Waals surface area (Å²) in [6.45, 7) is 1.62. The average Bonchev–Trinajstić information content (AvgIpc) is 3.41. The molecular weight excluding hydrogens is 393 g/mol. The van der Waals surface area contributed by atoms with Gasteiger partial charge < -0.3 is 4.90 Å². The van der Waals surface area contributed by atoms with Crippen molar-refractivity contribution in [3.8, 4) is 11.1 Å². The van der Waals surface area contributed by atoms with Crippen LogP contribution in [0.4, 0.5) is 10.3 Å².